The van der Waals surface area contributed by atoms with E-state index in [2.05, 4.69) is 5.32 Å². The number of nitro benzene ring substituents is 1. The molecule has 0 saturated heterocycles. The SMILES string of the molecule is C[C@H](OC(=O)c1cc([N+](=O)[O-])ccc1Cl)C(=O)NCc1ccccc1. The zero-order valence-electron chi connectivity index (χ0n) is 13.3. The standard InChI is InChI=1S/C17H15ClN2O5/c1-11(16(21)19-10-12-5-3-2-4-6-12)25-17(22)14-9-13(20(23)24)7-8-15(14)18/h2-9,11H,10H2,1H3,(H,19,21)/t11-/m0/s1. The molecule has 0 bridgehead atoms. The highest BCUT2D eigenvalue weighted by molar-refractivity contribution is 6.33. The molecule has 0 heterocycles. The third kappa shape index (κ3) is 5.02. The van der Waals surface area contributed by atoms with Crippen molar-refractivity contribution >= 4 is 29.2 Å². The third-order valence-electron chi connectivity index (χ3n) is 3.34. The number of nitro groups is 1. The van der Waals surface area contributed by atoms with Gasteiger partial charge in [0, 0.05) is 18.7 Å². The maximum absolute atomic E-state index is 12.1. The molecule has 1 N–H and O–H groups in total. The van der Waals surface area contributed by atoms with Crippen molar-refractivity contribution in [1.82, 2.24) is 5.32 Å². The summed E-state index contributed by atoms with van der Waals surface area (Å²) in [5.74, 6) is -1.39. The van der Waals surface area contributed by atoms with Gasteiger partial charge < -0.3 is 10.1 Å². The van der Waals surface area contributed by atoms with Gasteiger partial charge >= 0.3 is 5.97 Å². The number of carbonyl (C=O) groups excluding carboxylic acids is 2. The van der Waals surface area contributed by atoms with Gasteiger partial charge in [-0.1, -0.05) is 41.9 Å². The monoisotopic (exact) mass is 362 g/mol. The summed E-state index contributed by atoms with van der Waals surface area (Å²) in [6.45, 7) is 1.70. The van der Waals surface area contributed by atoms with Gasteiger partial charge in [0.2, 0.25) is 0 Å². The molecule has 0 radical (unpaired) electrons. The number of halogens is 1. The number of carbonyl (C=O) groups is 2. The van der Waals surface area contributed by atoms with Crippen molar-refractivity contribution in [3.8, 4) is 0 Å². The summed E-state index contributed by atoms with van der Waals surface area (Å²) in [5.41, 5.74) is 0.437. The Labute approximate surface area is 148 Å². The first-order valence-electron chi connectivity index (χ1n) is 7.35. The Bertz CT molecular complexity index is 795. The second-order valence-corrected chi connectivity index (χ2v) is 5.58. The Morgan fingerprint density at radius 3 is 2.56 bits per heavy atom. The minimum Gasteiger partial charge on any atom is -0.449 e. The van der Waals surface area contributed by atoms with Crippen molar-refractivity contribution < 1.29 is 19.2 Å². The van der Waals surface area contributed by atoms with Crippen LogP contribution in [0.15, 0.2) is 48.5 Å². The number of hydrogen-bond acceptors (Lipinski definition) is 5. The lowest BCUT2D eigenvalue weighted by molar-refractivity contribution is -0.384. The molecule has 8 heteroatoms. The first kappa shape index (κ1) is 18.4. The van der Waals surface area contributed by atoms with Gasteiger partial charge in [-0.15, -0.1) is 0 Å². The molecule has 0 aliphatic heterocycles. The van der Waals surface area contributed by atoms with Gasteiger partial charge in [0.25, 0.3) is 11.6 Å². The zero-order valence-corrected chi connectivity index (χ0v) is 14.0. The Kier molecular flexibility index (Phi) is 6.08. The molecule has 7 nitrogen and oxygen atoms in total. The van der Waals surface area contributed by atoms with Crippen LogP contribution in [-0.2, 0) is 16.1 Å². The number of non-ortho nitro benzene ring substituents is 1. The van der Waals surface area contributed by atoms with Gasteiger partial charge in [0.1, 0.15) is 0 Å². The van der Waals surface area contributed by atoms with Crippen molar-refractivity contribution in [3.05, 3.63) is 74.8 Å². The lowest BCUT2D eigenvalue weighted by atomic mass is 10.2. The highest BCUT2D eigenvalue weighted by Crippen LogP contribution is 2.23. The van der Waals surface area contributed by atoms with Crippen molar-refractivity contribution in [2.45, 2.75) is 19.6 Å². The van der Waals surface area contributed by atoms with Crippen molar-refractivity contribution in [3.63, 3.8) is 0 Å². The molecule has 130 valence electrons. The molecule has 1 atom stereocenters. The molecule has 0 aromatic heterocycles. The van der Waals surface area contributed by atoms with Crippen LogP contribution in [0.3, 0.4) is 0 Å². The largest absolute Gasteiger partial charge is 0.449 e. The molecule has 0 aliphatic rings. The Morgan fingerprint density at radius 1 is 1.24 bits per heavy atom. The Balaban J connectivity index is 1.98. The van der Waals surface area contributed by atoms with Gasteiger partial charge in [-0.3, -0.25) is 14.9 Å². The zero-order chi connectivity index (χ0) is 18.4. The average Bonchev–Trinajstić information content (AvgIpc) is 2.60. The van der Waals surface area contributed by atoms with Crippen LogP contribution < -0.4 is 5.32 Å². The number of hydrogen-bond donors (Lipinski definition) is 1. The Morgan fingerprint density at radius 2 is 1.92 bits per heavy atom. The minimum absolute atomic E-state index is 0.00694. The van der Waals surface area contributed by atoms with Crippen LogP contribution in [0.2, 0.25) is 5.02 Å². The fraction of sp³-hybridized carbons (Fsp3) is 0.176. The predicted molar refractivity (Wildman–Crippen MR) is 91.3 cm³/mol. The number of amides is 1. The Hall–Kier alpha value is -2.93. The van der Waals surface area contributed by atoms with Gasteiger partial charge in [-0.25, -0.2) is 4.79 Å². The summed E-state index contributed by atoms with van der Waals surface area (Å²) in [4.78, 5) is 34.3. The normalized spacial score (nSPS) is 11.4. The van der Waals surface area contributed by atoms with E-state index in [9.17, 15) is 19.7 Å². The summed E-state index contributed by atoms with van der Waals surface area (Å²) >= 11 is 5.88. The minimum atomic E-state index is -1.08. The summed E-state index contributed by atoms with van der Waals surface area (Å²) in [6, 6.07) is 12.7. The second-order valence-electron chi connectivity index (χ2n) is 5.17. The van der Waals surface area contributed by atoms with Gasteiger partial charge in [-0.05, 0) is 18.6 Å². The molecule has 25 heavy (non-hydrogen) atoms. The summed E-state index contributed by atoms with van der Waals surface area (Å²) in [5, 5.41) is 13.4. The third-order valence-corrected chi connectivity index (χ3v) is 3.67. The van der Waals surface area contributed by atoms with Gasteiger partial charge in [-0.2, -0.15) is 0 Å². The predicted octanol–water partition coefficient (Wildman–Crippen LogP) is 3.11. The van der Waals surface area contributed by atoms with E-state index in [0.717, 1.165) is 11.6 Å². The highest BCUT2D eigenvalue weighted by atomic mass is 35.5. The number of benzene rings is 2. The van der Waals surface area contributed by atoms with Crippen molar-refractivity contribution in [1.29, 1.82) is 0 Å². The van der Waals surface area contributed by atoms with Crippen LogP contribution in [0.1, 0.15) is 22.8 Å². The first-order valence-corrected chi connectivity index (χ1v) is 7.73. The van der Waals surface area contributed by atoms with E-state index < -0.39 is 22.9 Å². The van der Waals surface area contributed by atoms with E-state index in [-0.39, 0.29) is 16.3 Å². The second kappa shape index (κ2) is 8.25. The fourth-order valence-corrected chi connectivity index (χ4v) is 2.18. The molecule has 2 aromatic carbocycles. The van der Waals surface area contributed by atoms with Gasteiger partial charge in [0.05, 0.1) is 15.5 Å². The number of nitrogens with zero attached hydrogens (tertiary/aromatic N) is 1. The van der Waals surface area contributed by atoms with Crippen LogP contribution in [0.5, 0.6) is 0 Å². The quantitative estimate of drug-likeness (QED) is 0.483. The molecule has 0 spiro atoms. The maximum Gasteiger partial charge on any atom is 0.340 e. The highest BCUT2D eigenvalue weighted by Gasteiger charge is 2.22. The fourth-order valence-electron chi connectivity index (χ4n) is 1.99. The summed E-state index contributed by atoms with van der Waals surface area (Å²) in [7, 11) is 0. The molecule has 2 rings (SSSR count). The summed E-state index contributed by atoms with van der Waals surface area (Å²) < 4.78 is 5.04. The van der Waals surface area contributed by atoms with Crippen LogP contribution >= 0.6 is 11.6 Å². The van der Waals surface area contributed by atoms with E-state index in [4.69, 9.17) is 16.3 Å². The number of rotatable bonds is 6. The summed E-state index contributed by atoms with van der Waals surface area (Å²) in [6.07, 6.45) is -1.08. The molecule has 0 fully saturated rings. The number of nitrogens with one attached hydrogen (secondary N) is 1. The van der Waals surface area contributed by atoms with E-state index in [1.165, 1.54) is 19.1 Å². The number of ether oxygens (including phenoxy) is 1. The molecular weight excluding hydrogens is 348 g/mol. The topological polar surface area (TPSA) is 98.5 Å². The van der Waals surface area contributed by atoms with Gasteiger partial charge in [0.15, 0.2) is 6.10 Å². The molecule has 0 saturated carbocycles. The van der Waals surface area contributed by atoms with Crippen LogP contribution in [0.4, 0.5) is 5.69 Å². The first-order chi connectivity index (χ1) is 11.9. The lowest BCUT2D eigenvalue weighted by Gasteiger charge is -2.14. The van der Waals surface area contributed by atoms with E-state index in [1.54, 1.807) is 0 Å². The maximum atomic E-state index is 12.1. The van der Waals surface area contributed by atoms with Crippen molar-refractivity contribution in [2.24, 2.45) is 0 Å². The molecule has 0 unspecified atom stereocenters. The molecule has 2 aromatic rings. The van der Waals surface area contributed by atoms with E-state index >= 15 is 0 Å². The van der Waals surface area contributed by atoms with Crippen molar-refractivity contribution in [2.75, 3.05) is 0 Å². The average molecular weight is 363 g/mol. The van der Waals surface area contributed by atoms with E-state index in [0.29, 0.717) is 6.54 Å². The van der Waals surface area contributed by atoms with Crippen LogP contribution in [0.25, 0.3) is 0 Å². The molecule has 1 amide bonds. The molecular formula is C17H15ClN2O5. The number of esters is 1. The smallest absolute Gasteiger partial charge is 0.340 e. The van der Waals surface area contributed by atoms with E-state index in [1.807, 2.05) is 30.3 Å². The molecule has 0 aliphatic carbocycles. The van der Waals surface area contributed by atoms with Crippen LogP contribution in [-0.4, -0.2) is 22.9 Å². The van der Waals surface area contributed by atoms with Crippen LogP contribution in [0, 0.1) is 10.1 Å². The lowest BCUT2D eigenvalue weighted by Crippen LogP contribution is -2.35.